The van der Waals surface area contributed by atoms with Crippen LogP contribution in [0.5, 0.6) is 5.75 Å². The first-order valence-electron chi connectivity index (χ1n) is 14.8. The SMILES string of the molecule is CC(C)(C)OC(=O)NCc1cccc(C2CCN(C(=O)c3cccc(OCC(=O)N4C=C5OC(C)(C)OC5C4)c3)CC2)c1. The van der Waals surface area contributed by atoms with Gasteiger partial charge in [-0.15, -0.1) is 0 Å². The van der Waals surface area contributed by atoms with Gasteiger partial charge in [0.1, 0.15) is 23.2 Å². The number of amides is 3. The first kappa shape index (κ1) is 30.4. The van der Waals surface area contributed by atoms with E-state index in [1.54, 1.807) is 35.4 Å². The fraction of sp³-hybridized carbons (Fsp3) is 0.485. The molecule has 2 aromatic carbocycles. The molecule has 0 spiro atoms. The predicted molar refractivity (Wildman–Crippen MR) is 159 cm³/mol. The summed E-state index contributed by atoms with van der Waals surface area (Å²) in [6.07, 6.45) is 2.67. The third-order valence-electron chi connectivity index (χ3n) is 7.56. The lowest BCUT2D eigenvalue weighted by Crippen LogP contribution is -2.38. The number of nitrogens with zero attached hydrogens (tertiary/aromatic N) is 2. The number of rotatable bonds is 7. The lowest BCUT2D eigenvalue weighted by atomic mass is 9.88. The Balaban J connectivity index is 1.10. The Morgan fingerprint density at radius 2 is 1.79 bits per heavy atom. The molecule has 0 radical (unpaired) electrons. The third-order valence-corrected chi connectivity index (χ3v) is 7.56. The Kier molecular flexibility index (Phi) is 8.69. The van der Waals surface area contributed by atoms with Crippen LogP contribution in [0.15, 0.2) is 60.5 Å². The molecule has 2 fully saturated rings. The quantitative estimate of drug-likeness (QED) is 0.486. The molecular formula is C33H41N3O7. The second kappa shape index (κ2) is 12.3. The van der Waals surface area contributed by atoms with Gasteiger partial charge in [0.2, 0.25) is 5.79 Å². The Bertz CT molecular complexity index is 1390. The number of nitrogens with one attached hydrogen (secondary N) is 1. The van der Waals surface area contributed by atoms with Crippen LogP contribution in [-0.2, 0) is 25.5 Å². The van der Waals surface area contributed by atoms with Crippen molar-refractivity contribution in [3.63, 3.8) is 0 Å². The summed E-state index contributed by atoms with van der Waals surface area (Å²) in [6.45, 7) is 11.1. The molecule has 1 atom stereocenters. The topological polar surface area (TPSA) is 107 Å². The molecular weight excluding hydrogens is 550 g/mol. The van der Waals surface area contributed by atoms with Gasteiger partial charge in [0.05, 0.1) is 6.54 Å². The average Bonchev–Trinajstić information content (AvgIpc) is 3.48. The molecule has 43 heavy (non-hydrogen) atoms. The molecule has 3 heterocycles. The molecule has 1 N–H and O–H groups in total. The van der Waals surface area contributed by atoms with Gasteiger partial charge in [0.15, 0.2) is 6.61 Å². The van der Waals surface area contributed by atoms with Crippen LogP contribution in [0.3, 0.4) is 0 Å². The molecule has 3 aliphatic rings. The fourth-order valence-corrected chi connectivity index (χ4v) is 5.56. The van der Waals surface area contributed by atoms with E-state index in [0.717, 1.165) is 18.4 Å². The van der Waals surface area contributed by atoms with Crippen LogP contribution in [0.25, 0.3) is 0 Å². The summed E-state index contributed by atoms with van der Waals surface area (Å²) in [5.74, 6) is 0.491. The molecule has 0 aromatic heterocycles. The largest absolute Gasteiger partial charge is 0.484 e. The van der Waals surface area contributed by atoms with Crippen LogP contribution in [0.4, 0.5) is 4.79 Å². The van der Waals surface area contributed by atoms with Crippen molar-refractivity contribution in [2.24, 2.45) is 0 Å². The molecule has 0 saturated carbocycles. The first-order valence-corrected chi connectivity index (χ1v) is 14.8. The fourth-order valence-electron chi connectivity index (χ4n) is 5.56. The molecule has 2 aromatic rings. The zero-order valence-corrected chi connectivity index (χ0v) is 25.6. The first-order chi connectivity index (χ1) is 20.3. The minimum absolute atomic E-state index is 0.0560. The van der Waals surface area contributed by atoms with Crippen molar-refractivity contribution in [3.05, 3.63) is 77.2 Å². The van der Waals surface area contributed by atoms with E-state index in [-0.39, 0.29) is 24.5 Å². The second-order valence-corrected chi connectivity index (χ2v) is 12.7. The number of alkyl carbamates (subject to hydrolysis) is 1. The molecule has 2 saturated heterocycles. The zero-order valence-electron chi connectivity index (χ0n) is 25.6. The van der Waals surface area contributed by atoms with Gasteiger partial charge < -0.3 is 34.1 Å². The Hall–Kier alpha value is -4.05. The summed E-state index contributed by atoms with van der Waals surface area (Å²) < 4.78 is 22.6. The average molecular weight is 592 g/mol. The summed E-state index contributed by atoms with van der Waals surface area (Å²) in [7, 11) is 0. The molecule has 3 aliphatic heterocycles. The highest BCUT2D eigenvalue weighted by molar-refractivity contribution is 5.94. The smallest absolute Gasteiger partial charge is 0.407 e. The van der Waals surface area contributed by atoms with Gasteiger partial charge in [-0.25, -0.2) is 4.79 Å². The van der Waals surface area contributed by atoms with E-state index >= 15 is 0 Å². The van der Waals surface area contributed by atoms with Gasteiger partial charge in [-0.3, -0.25) is 9.59 Å². The van der Waals surface area contributed by atoms with Crippen LogP contribution in [0.2, 0.25) is 0 Å². The molecule has 1 unspecified atom stereocenters. The molecule has 10 heteroatoms. The summed E-state index contributed by atoms with van der Waals surface area (Å²) in [4.78, 5) is 41.5. The van der Waals surface area contributed by atoms with Gasteiger partial charge in [-0.2, -0.15) is 0 Å². The van der Waals surface area contributed by atoms with E-state index in [4.69, 9.17) is 18.9 Å². The number of hydrogen-bond donors (Lipinski definition) is 1. The number of piperidine rings is 1. The van der Waals surface area contributed by atoms with Crippen molar-refractivity contribution in [3.8, 4) is 5.75 Å². The highest BCUT2D eigenvalue weighted by Gasteiger charge is 2.43. The van der Waals surface area contributed by atoms with Crippen molar-refractivity contribution in [2.45, 2.75) is 77.4 Å². The minimum atomic E-state index is -0.683. The number of fused-ring (bicyclic) bond motifs is 1. The summed E-state index contributed by atoms with van der Waals surface area (Å²) in [5, 5.41) is 2.81. The maximum Gasteiger partial charge on any atom is 0.407 e. The van der Waals surface area contributed by atoms with Gasteiger partial charge in [0.25, 0.3) is 11.8 Å². The monoisotopic (exact) mass is 591 g/mol. The van der Waals surface area contributed by atoms with Gasteiger partial charge in [-0.1, -0.05) is 30.3 Å². The van der Waals surface area contributed by atoms with E-state index in [1.165, 1.54) is 5.56 Å². The van der Waals surface area contributed by atoms with Crippen molar-refractivity contribution >= 4 is 17.9 Å². The zero-order chi connectivity index (χ0) is 30.8. The lowest BCUT2D eigenvalue weighted by Gasteiger charge is -2.32. The molecule has 0 bridgehead atoms. The van der Waals surface area contributed by atoms with Crippen LogP contribution in [0, 0.1) is 0 Å². The van der Waals surface area contributed by atoms with E-state index in [9.17, 15) is 14.4 Å². The maximum atomic E-state index is 13.3. The van der Waals surface area contributed by atoms with Gasteiger partial charge in [0, 0.05) is 45.2 Å². The Morgan fingerprint density at radius 3 is 2.51 bits per heavy atom. The summed E-state index contributed by atoms with van der Waals surface area (Å²) in [5.41, 5.74) is 2.20. The molecule has 230 valence electrons. The lowest BCUT2D eigenvalue weighted by molar-refractivity contribution is -0.145. The normalized spacial score (nSPS) is 19.7. The van der Waals surface area contributed by atoms with E-state index in [2.05, 4.69) is 17.4 Å². The van der Waals surface area contributed by atoms with Gasteiger partial charge in [-0.05, 0) is 68.9 Å². The molecule has 0 aliphatic carbocycles. The van der Waals surface area contributed by atoms with Crippen molar-refractivity contribution in [2.75, 3.05) is 26.2 Å². The van der Waals surface area contributed by atoms with E-state index < -0.39 is 17.5 Å². The van der Waals surface area contributed by atoms with Crippen molar-refractivity contribution < 1.29 is 33.3 Å². The Labute approximate surface area is 252 Å². The number of carbonyl (C=O) groups is 3. The van der Waals surface area contributed by atoms with Crippen LogP contribution in [-0.4, -0.2) is 71.4 Å². The van der Waals surface area contributed by atoms with Crippen LogP contribution >= 0.6 is 0 Å². The summed E-state index contributed by atoms with van der Waals surface area (Å²) in [6, 6.07) is 15.2. The highest BCUT2D eigenvalue weighted by atomic mass is 16.7. The minimum Gasteiger partial charge on any atom is -0.484 e. The second-order valence-electron chi connectivity index (χ2n) is 12.7. The molecule has 5 rings (SSSR count). The highest BCUT2D eigenvalue weighted by Crippen LogP contribution is 2.35. The maximum absolute atomic E-state index is 13.3. The van der Waals surface area contributed by atoms with Crippen LogP contribution in [0.1, 0.15) is 74.9 Å². The third kappa shape index (κ3) is 7.87. The number of hydrogen-bond acceptors (Lipinski definition) is 7. The summed E-state index contributed by atoms with van der Waals surface area (Å²) >= 11 is 0. The van der Waals surface area contributed by atoms with E-state index in [0.29, 0.717) is 49.2 Å². The number of ether oxygens (including phenoxy) is 4. The number of benzene rings is 2. The predicted octanol–water partition coefficient (Wildman–Crippen LogP) is 4.95. The number of carbonyl (C=O) groups excluding carboxylic acids is 3. The van der Waals surface area contributed by atoms with Gasteiger partial charge >= 0.3 is 6.09 Å². The molecule has 3 amide bonds. The molecule has 10 nitrogen and oxygen atoms in total. The standard InChI is InChI=1S/C33H41N3O7/c1-32(2,3)43-31(39)34-18-22-8-6-9-24(16-22)23-12-14-35(15-13-23)30(38)25-10-7-11-26(17-25)40-21-29(37)36-19-27-28(20-36)42-33(4,5)41-27/h6-11,16-17,19,23,28H,12-15,18,20-21H2,1-5H3,(H,34,39). The van der Waals surface area contributed by atoms with Crippen molar-refractivity contribution in [1.82, 2.24) is 15.1 Å². The van der Waals surface area contributed by atoms with E-state index in [1.807, 2.05) is 51.7 Å². The van der Waals surface area contributed by atoms with Crippen LogP contribution < -0.4 is 10.1 Å². The Morgan fingerprint density at radius 1 is 1.05 bits per heavy atom. The van der Waals surface area contributed by atoms with Crippen molar-refractivity contribution in [1.29, 1.82) is 0 Å². The number of likely N-dealkylation sites (tertiary alicyclic amines) is 1.